The minimum absolute atomic E-state index is 0.166. The molecule has 6 atom stereocenters. The van der Waals surface area contributed by atoms with Gasteiger partial charge in [-0.1, -0.05) is 159 Å². The molecule has 1 heterocycles. The summed E-state index contributed by atoms with van der Waals surface area (Å²) in [5.74, 6) is -0.859. The molecule has 0 bridgehead atoms. The van der Waals surface area contributed by atoms with Crippen molar-refractivity contribution >= 4 is 11.9 Å². The molecule has 57 heavy (non-hydrogen) atoms. The van der Waals surface area contributed by atoms with Gasteiger partial charge in [-0.25, -0.2) is 0 Å². The lowest BCUT2D eigenvalue weighted by Crippen LogP contribution is -2.59. The van der Waals surface area contributed by atoms with Crippen molar-refractivity contribution in [2.75, 3.05) is 19.8 Å². The van der Waals surface area contributed by atoms with Crippen LogP contribution in [0.5, 0.6) is 0 Å². The van der Waals surface area contributed by atoms with Crippen LogP contribution in [-0.4, -0.2) is 89.0 Å². The van der Waals surface area contributed by atoms with Crippen LogP contribution < -0.4 is 0 Å². The van der Waals surface area contributed by atoms with Gasteiger partial charge in [-0.3, -0.25) is 9.59 Å². The first-order valence-corrected chi connectivity index (χ1v) is 23.1. The van der Waals surface area contributed by atoms with E-state index in [-0.39, 0.29) is 32.0 Å². The van der Waals surface area contributed by atoms with Gasteiger partial charge in [-0.05, 0) is 57.8 Å². The molecule has 10 nitrogen and oxygen atoms in total. The number of aliphatic hydroxyl groups excluding tert-OH is 4. The Morgan fingerprint density at radius 3 is 1.58 bits per heavy atom. The maximum Gasteiger partial charge on any atom is 0.306 e. The van der Waals surface area contributed by atoms with Gasteiger partial charge in [0.2, 0.25) is 0 Å². The van der Waals surface area contributed by atoms with E-state index in [4.69, 9.17) is 18.9 Å². The molecule has 0 saturated carbocycles. The van der Waals surface area contributed by atoms with Crippen LogP contribution in [0.3, 0.4) is 0 Å². The maximum atomic E-state index is 12.8. The fraction of sp³-hybridized carbons (Fsp3) is 0.830. The van der Waals surface area contributed by atoms with Gasteiger partial charge < -0.3 is 39.4 Å². The highest BCUT2D eigenvalue weighted by Crippen LogP contribution is 2.22. The van der Waals surface area contributed by atoms with E-state index in [0.29, 0.717) is 6.42 Å². The molecule has 1 aliphatic heterocycles. The summed E-state index contributed by atoms with van der Waals surface area (Å²) in [4.78, 5) is 25.3. The molecule has 0 aromatic heterocycles. The first kappa shape index (κ1) is 52.9. The summed E-state index contributed by atoms with van der Waals surface area (Å²) in [6, 6.07) is 0. The number of carbonyl (C=O) groups excluding carboxylic acids is 2. The number of hydrogen-bond donors (Lipinski definition) is 4. The lowest BCUT2D eigenvalue weighted by molar-refractivity contribution is -0.305. The average molecular weight is 809 g/mol. The highest BCUT2D eigenvalue weighted by atomic mass is 16.7. The predicted molar refractivity (Wildman–Crippen MR) is 229 cm³/mol. The van der Waals surface area contributed by atoms with Crippen molar-refractivity contribution in [3.8, 4) is 0 Å². The summed E-state index contributed by atoms with van der Waals surface area (Å²) in [6.07, 6.45) is 35.8. The molecule has 0 amide bonds. The molecule has 1 aliphatic rings. The minimum Gasteiger partial charge on any atom is -0.462 e. The molecule has 4 N–H and O–H groups in total. The zero-order chi connectivity index (χ0) is 41.6. The topological polar surface area (TPSA) is 152 Å². The third-order valence-corrected chi connectivity index (χ3v) is 10.5. The Morgan fingerprint density at radius 1 is 0.544 bits per heavy atom. The summed E-state index contributed by atoms with van der Waals surface area (Å²) in [6.45, 7) is 3.36. The number of aliphatic hydroxyl groups is 4. The predicted octanol–water partition coefficient (Wildman–Crippen LogP) is 9.89. The van der Waals surface area contributed by atoms with Crippen LogP contribution in [0.25, 0.3) is 0 Å². The third kappa shape index (κ3) is 29.7. The Bertz CT molecular complexity index is 1030. The number of unbranched alkanes of at least 4 members (excludes halogenated alkanes) is 21. The van der Waals surface area contributed by atoms with Crippen molar-refractivity contribution in [1.82, 2.24) is 0 Å². The smallest absolute Gasteiger partial charge is 0.306 e. The van der Waals surface area contributed by atoms with Gasteiger partial charge in [0.15, 0.2) is 12.4 Å². The molecular weight excluding hydrogens is 725 g/mol. The number of esters is 2. The SMILES string of the molecule is CCCC/C=C/CCCCCCCCCCCC(=O)OC[C@H](CO[C@@H]1O[C@H](CO)[C@H](O)C(O)C1O)OC(=O)CCC/C=C/C/C=C/CCCCCCCCCCC. The zero-order valence-corrected chi connectivity index (χ0v) is 36.1. The van der Waals surface area contributed by atoms with Crippen molar-refractivity contribution in [3.63, 3.8) is 0 Å². The first-order chi connectivity index (χ1) is 27.8. The monoisotopic (exact) mass is 809 g/mol. The molecule has 1 saturated heterocycles. The van der Waals surface area contributed by atoms with Gasteiger partial charge in [0.25, 0.3) is 0 Å². The molecule has 1 rings (SSSR count). The van der Waals surface area contributed by atoms with Crippen LogP contribution in [0.1, 0.15) is 194 Å². The summed E-state index contributed by atoms with van der Waals surface area (Å²) < 4.78 is 22.1. The normalized spacial score (nSPS) is 20.6. The molecule has 0 radical (unpaired) electrons. The molecule has 0 spiro atoms. The number of rotatable bonds is 38. The molecule has 0 aliphatic carbocycles. The Hall–Kier alpha value is -2.08. The Balaban J connectivity index is 2.35. The van der Waals surface area contributed by atoms with Crippen LogP contribution in [-0.2, 0) is 28.5 Å². The zero-order valence-electron chi connectivity index (χ0n) is 36.1. The van der Waals surface area contributed by atoms with Gasteiger partial charge in [-0.15, -0.1) is 0 Å². The second-order valence-electron chi connectivity index (χ2n) is 15.8. The van der Waals surface area contributed by atoms with E-state index in [2.05, 4.69) is 50.3 Å². The second-order valence-corrected chi connectivity index (χ2v) is 15.8. The Morgan fingerprint density at radius 2 is 1.02 bits per heavy atom. The van der Waals surface area contributed by atoms with Crippen LogP contribution >= 0.6 is 0 Å². The lowest BCUT2D eigenvalue weighted by atomic mass is 9.99. The quantitative estimate of drug-likeness (QED) is 0.0270. The van der Waals surface area contributed by atoms with Crippen LogP contribution in [0.15, 0.2) is 36.5 Å². The van der Waals surface area contributed by atoms with E-state index in [1.165, 1.54) is 116 Å². The molecule has 2 unspecified atom stereocenters. The van der Waals surface area contributed by atoms with Crippen molar-refractivity contribution in [3.05, 3.63) is 36.5 Å². The van der Waals surface area contributed by atoms with Gasteiger partial charge in [0.1, 0.15) is 31.0 Å². The summed E-state index contributed by atoms with van der Waals surface area (Å²) in [5.41, 5.74) is 0. The Kier molecular flexibility index (Phi) is 35.4. The van der Waals surface area contributed by atoms with Crippen molar-refractivity contribution < 1.29 is 49.0 Å². The Labute approximate surface area is 346 Å². The van der Waals surface area contributed by atoms with E-state index in [9.17, 15) is 30.0 Å². The van der Waals surface area contributed by atoms with Crippen molar-refractivity contribution in [2.24, 2.45) is 0 Å². The van der Waals surface area contributed by atoms with Crippen molar-refractivity contribution in [2.45, 2.75) is 230 Å². The number of hydrogen-bond acceptors (Lipinski definition) is 10. The average Bonchev–Trinajstić information content (AvgIpc) is 3.21. The fourth-order valence-corrected chi connectivity index (χ4v) is 6.80. The minimum atomic E-state index is -1.60. The molecule has 332 valence electrons. The molecular formula is C47H84O10. The first-order valence-electron chi connectivity index (χ1n) is 23.1. The second kappa shape index (κ2) is 38.1. The van der Waals surface area contributed by atoms with Crippen LogP contribution in [0, 0.1) is 0 Å². The van der Waals surface area contributed by atoms with Crippen molar-refractivity contribution in [1.29, 1.82) is 0 Å². The highest BCUT2D eigenvalue weighted by molar-refractivity contribution is 5.70. The number of ether oxygens (including phenoxy) is 4. The highest BCUT2D eigenvalue weighted by Gasteiger charge is 2.44. The third-order valence-electron chi connectivity index (χ3n) is 10.5. The molecule has 1 fully saturated rings. The van der Waals surface area contributed by atoms with E-state index >= 15 is 0 Å². The van der Waals surface area contributed by atoms with Crippen LogP contribution in [0.2, 0.25) is 0 Å². The lowest BCUT2D eigenvalue weighted by Gasteiger charge is -2.39. The van der Waals surface area contributed by atoms with Gasteiger partial charge in [-0.2, -0.15) is 0 Å². The largest absolute Gasteiger partial charge is 0.462 e. The van der Waals surface area contributed by atoms with E-state index in [1.807, 2.05) is 0 Å². The number of carbonyl (C=O) groups is 2. The number of allylic oxidation sites excluding steroid dienone is 6. The fourth-order valence-electron chi connectivity index (χ4n) is 6.80. The molecule has 0 aromatic carbocycles. The molecule has 10 heteroatoms. The summed E-state index contributed by atoms with van der Waals surface area (Å²) in [5, 5.41) is 40.1. The van der Waals surface area contributed by atoms with Crippen LogP contribution in [0.4, 0.5) is 0 Å². The molecule has 0 aromatic rings. The van der Waals surface area contributed by atoms with Gasteiger partial charge >= 0.3 is 11.9 Å². The van der Waals surface area contributed by atoms with Gasteiger partial charge in [0, 0.05) is 12.8 Å². The van der Waals surface area contributed by atoms with E-state index < -0.39 is 49.4 Å². The maximum absolute atomic E-state index is 12.8. The summed E-state index contributed by atoms with van der Waals surface area (Å²) in [7, 11) is 0. The summed E-state index contributed by atoms with van der Waals surface area (Å²) >= 11 is 0. The van der Waals surface area contributed by atoms with E-state index in [0.717, 1.165) is 44.9 Å². The van der Waals surface area contributed by atoms with E-state index in [1.54, 1.807) is 0 Å². The standard InChI is InChI=1S/C47H84O10/c1-3-5-7-9-11-13-15-17-19-20-22-24-26-28-30-32-34-36-43(50)56-40(39-55-47-46(53)45(52)44(51)41(37-48)57-47)38-54-42(49)35-33-31-29-27-25-23-21-18-16-14-12-10-8-6-4-2/h10,12,22,24,28,30,40-41,44-48,51-53H,3-9,11,13-21,23,25-27,29,31-39H2,1-2H3/b12-10+,24-22+,30-28+/t40-,41-,44+,45?,46?,47-/m1/s1. The van der Waals surface area contributed by atoms with Gasteiger partial charge in [0.05, 0.1) is 13.2 Å².